The monoisotopic (exact) mass is 426 g/mol. The molecule has 3 aromatic carbocycles. The molecule has 0 aromatic heterocycles. The maximum atomic E-state index is 2.60. The summed E-state index contributed by atoms with van der Waals surface area (Å²) in [5.74, 6) is 1.40. The predicted octanol–water partition coefficient (Wildman–Crippen LogP) is 6.74. The van der Waals surface area contributed by atoms with Gasteiger partial charge in [-0.25, -0.2) is 0 Å². The number of aryl methyl sites for hydroxylation is 1. The molecular weight excluding hydrogens is 386 g/mol. The standard InChI is InChI=1S/C31H39N/c1-22(2)24-13-15-28-25(19-24)14-16-29-30(3,17-8-18-31(28,29)4)21-32-20-26-11-7-10-23-9-5-6-12-27(23)26/h5-7,9-13,15,19,22,29,32H,8,14,16-18,20-21H2,1-4H3/p+1/t29-,30-,31+/m0/s1. The van der Waals surface area contributed by atoms with Crippen LogP contribution < -0.4 is 5.32 Å². The molecule has 2 N–H and O–H groups in total. The van der Waals surface area contributed by atoms with E-state index < -0.39 is 0 Å². The van der Waals surface area contributed by atoms with E-state index in [2.05, 4.69) is 93.7 Å². The highest BCUT2D eigenvalue weighted by molar-refractivity contribution is 5.85. The van der Waals surface area contributed by atoms with Crippen LogP contribution in [0.3, 0.4) is 0 Å². The van der Waals surface area contributed by atoms with Crippen molar-refractivity contribution in [3.63, 3.8) is 0 Å². The average molecular weight is 427 g/mol. The van der Waals surface area contributed by atoms with Crippen molar-refractivity contribution in [1.82, 2.24) is 0 Å². The minimum absolute atomic E-state index is 0.337. The van der Waals surface area contributed by atoms with Crippen LogP contribution in [0.25, 0.3) is 10.8 Å². The van der Waals surface area contributed by atoms with Gasteiger partial charge in [-0.1, -0.05) is 94.8 Å². The summed E-state index contributed by atoms with van der Waals surface area (Å²) in [4.78, 5) is 0. The van der Waals surface area contributed by atoms with Gasteiger partial charge in [0.05, 0.1) is 6.54 Å². The number of quaternary nitrogens is 1. The van der Waals surface area contributed by atoms with Crippen molar-refractivity contribution in [2.75, 3.05) is 6.54 Å². The lowest BCUT2D eigenvalue weighted by Crippen LogP contribution is -2.86. The minimum atomic E-state index is 0.337. The van der Waals surface area contributed by atoms with Crippen LogP contribution in [0.15, 0.2) is 60.7 Å². The van der Waals surface area contributed by atoms with Crippen LogP contribution in [0, 0.1) is 11.3 Å². The maximum absolute atomic E-state index is 2.60. The summed E-state index contributed by atoms with van der Waals surface area (Å²) < 4.78 is 0. The second-order valence-electron chi connectivity index (χ2n) is 11.4. The number of benzene rings is 3. The van der Waals surface area contributed by atoms with Gasteiger partial charge in [-0.2, -0.15) is 0 Å². The second-order valence-corrected chi connectivity index (χ2v) is 11.4. The average Bonchev–Trinajstić information content (AvgIpc) is 2.79. The molecule has 2 aliphatic rings. The summed E-state index contributed by atoms with van der Waals surface area (Å²) in [6.07, 6.45) is 6.69. The third-order valence-electron chi connectivity index (χ3n) is 9.02. The zero-order valence-corrected chi connectivity index (χ0v) is 20.5. The van der Waals surface area contributed by atoms with E-state index in [0.29, 0.717) is 16.7 Å². The summed E-state index contributed by atoms with van der Waals surface area (Å²) in [5, 5.41) is 5.38. The minimum Gasteiger partial charge on any atom is -0.342 e. The van der Waals surface area contributed by atoms with E-state index in [-0.39, 0.29) is 0 Å². The SMILES string of the molecule is CC(C)c1ccc2c(c1)CC[C@H]1[C@](C)(C[NH2+]Cc3cccc4ccccc34)CCC[C@]21C. The van der Waals surface area contributed by atoms with Gasteiger partial charge in [0.1, 0.15) is 6.54 Å². The second kappa shape index (κ2) is 8.34. The maximum Gasteiger partial charge on any atom is 0.102 e. The van der Waals surface area contributed by atoms with Crippen molar-refractivity contribution in [3.05, 3.63) is 82.9 Å². The summed E-state index contributed by atoms with van der Waals surface area (Å²) >= 11 is 0. The van der Waals surface area contributed by atoms with Crippen LogP contribution in [0.5, 0.6) is 0 Å². The van der Waals surface area contributed by atoms with Crippen LogP contribution in [-0.4, -0.2) is 6.54 Å². The van der Waals surface area contributed by atoms with Crippen LogP contribution >= 0.6 is 0 Å². The highest BCUT2D eigenvalue weighted by Crippen LogP contribution is 2.56. The molecule has 3 aromatic rings. The fourth-order valence-corrected chi connectivity index (χ4v) is 7.28. The molecule has 1 saturated carbocycles. The van der Waals surface area contributed by atoms with E-state index in [9.17, 15) is 0 Å². The fourth-order valence-electron chi connectivity index (χ4n) is 7.28. The first-order chi connectivity index (χ1) is 15.4. The van der Waals surface area contributed by atoms with Gasteiger partial charge in [0.2, 0.25) is 0 Å². The molecule has 0 saturated heterocycles. The van der Waals surface area contributed by atoms with Gasteiger partial charge in [-0.3, -0.25) is 0 Å². The molecule has 1 heteroatoms. The third-order valence-corrected chi connectivity index (χ3v) is 9.02. The molecule has 1 fully saturated rings. The molecule has 0 aliphatic heterocycles. The van der Waals surface area contributed by atoms with Crippen LogP contribution in [0.2, 0.25) is 0 Å². The zero-order valence-electron chi connectivity index (χ0n) is 20.5. The molecule has 0 bridgehead atoms. The number of rotatable bonds is 5. The van der Waals surface area contributed by atoms with E-state index in [1.165, 1.54) is 60.5 Å². The molecule has 5 rings (SSSR count). The van der Waals surface area contributed by atoms with Crippen LogP contribution in [0.4, 0.5) is 0 Å². The fraction of sp³-hybridized carbons (Fsp3) is 0.484. The smallest absolute Gasteiger partial charge is 0.102 e. The van der Waals surface area contributed by atoms with Crippen molar-refractivity contribution in [2.24, 2.45) is 11.3 Å². The first kappa shape index (κ1) is 21.7. The number of hydrogen-bond donors (Lipinski definition) is 1. The van der Waals surface area contributed by atoms with E-state index in [1.807, 2.05) is 0 Å². The van der Waals surface area contributed by atoms with Gasteiger partial charge >= 0.3 is 0 Å². The number of nitrogens with two attached hydrogens (primary N) is 1. The van der Waals surface area contributed by atoms with E-state index in [0.717, 1.165) is 12.5 Å². The molecule has 0 spiro atoms. The van der Waals surface area contributed by atoms with Gasteiger partial charge in [-0.05, 0) is 70.4 Å². The predicted molar refractivity (Wildman–Crippen MR) is 136 cm³/mol. The van der Waals surface area contributed by atoms with Gasteiger partial charge < -0.3 is 5.32 Å². The lowest BCUT2D eigenvalue weighted by atomic mass is 9.49. The lowest BCUT2D eigenvalue weighted by molar-refractivity contribution is -0.683. The first-order valence-electron chi connectivity index (χ1n) is 12.8. The topological polar surface area (TPSA) is 16.6 Å². The van der Waals surface area contributed by atoms with E-state index >= 15 is 0 Å². The Balaban J connectivity index is 1.36. The van der Waals surface area contributed by atoms with Crippen molar-refractivity contribution >= 4 is 10.8 Å². The molecule has 32 heavy (non-hydrogen) atoms. The number of hydrogen-bond acceptors (Lipinski definition) is 0. The molecular formula is C31H40N+. The number of fused-ring (bicyclic) bond motifs is 4. The highest BCUT2D eigenvalue weighted by atomic mass is 14.9. The van der Waals surface area contributed by atoms with Gasteiger partial charge in [-0.15, -0.1) is 0 Å². The Bertz CT molecular complexity index is 1110. The Hall–Kier alpha value is -2.12. The zero-order chi connectivity index (χ0) is 22.3. The molecule has 1 nitrogen and oxygen atoms in total. The molecule has 0 heterocycles. The Morgan fingerprint density at radius 1 is 0.969 bits per heavy atom. The van der Waals surface area contributed by atoms with Gasteiger partial charge in [0.25, 0.3) is 0 Å². The highest BCUT2D eigenvalue weighted by Gasteiger charge is 2.52. The Morgan fingerprint density at radius 3 is 2.62 bits per heavy atom. The summed E-state index contributed by atoms with van der Waals surface area (Å²) in [7, 11) is 0. The largest absolute Gasteiger partial charge is 0.342 e. The normalized spacial score (nSPS) is 27.3. The van der Waals surface area contributed by atoms with E-state index in [4.69, 9.17) is 0 Å². The summed E-state index contributed by atoms with van der Waals surface area (Å²) in [6.45, 7) is 12.1. The first-order valence-corrected chi connectivity index (χ1v) is 12.8. The Morgan fingerprint density at radius 2 is 1.78 bits per heavy atom. The van der Waals surface area contributed by atoms with Crippen LogP contribution in [0.1, 0.15) is 81.5 Å². The van der Waals surface area contributed by atoms with E-state index in [1.54, 1.807) is 11.1 Å². The molecule has 168 valence electrons. The molecule has 3 atom stereocenters. The molecule has 0 unspecified atom stereocenters. The quantitative estimate of drug-likeness (QED) is 0.465. The van der Waals surface area contributed by atoms with Gasteiger partial charge in [0, 0.05) is 11.0 Å². The van der Waals surface area contributed by atoms with Crippen LogP contribution in [-0.2, 0) is 18.4 Å². The van der Waals surface area contributed by atoms with Gasteiger partial charge in [0.15, 0.2) is 0 Å². The Kier molecular flexibility index (Phi) is 5.66. The van der Waals surface area contributed by atoms with Crippen molar-refractivity contribution in [3.8, 4) is 0 Å². The molecule has 0 radical (unpaired) electrons. The van der Waals surface area contributed by atoms with Crippen molar-refractivity contribution in [1.29, 1.82) is 0 Å². The summed E-state index contributed by atoms with van der Waals surface area (Å²) in [5.41, 5.74) is 7.03. The summed E-state index contributed by atoms with van der Waals surface area (Å²) in [6, 6.07) is 23.0. The molecule has 2 aliphatic carbocycles. The van der Waals surface area contributed by atoms with Crippen molar-refractivity contribution in [2.45, 2.75) is 77.7 Å². The molecule has 0 amide bonds. The van der Waals surface area contributed by atoms with Crippen molar-refractivity contribution < 1.29 is 5.32 Å². The third kappa shape index (κ3) is 3.69. The lowest BCUT2D eigenvalue weighted by Gasteiger charge is -2.54. The Labute approximate surface area is 194 Å².